The van der Waals surface area contributed by atoms with E-state index in [-0.39, 0.29) is 18.4 Å². The lowest BCUT2D eigenvalue weighted by atomic mass is 10.1. The van der Waals surface area contributed by atoms with Gasteiger partial charge in [0.2, 0.25) is 0 Å². The second-order valence-corrected chi connectivity index (χ2v) is 8.76. The summed E-state index contributed by atoms with van der Waals surface area (Å²) in [5.41, 5.74) is 3.22. The summed E-state index contributed by atoms with van der Waals surface area (Å²) in [5, 5.41) is 0. The van der Waals surface area contributed by atoms with Gasteiger partial charge >= 0.3 is 0 Å². The van der Waals surface area contributed by atoms with Crippen molar-refractivity contribution in [2.24, 2.45) is 0 Å². The van der Waals surface area contributed by atoms with Crippen molar-refractivity contribution in [1.82, 2.24) is 4.90 Å². The SMILES string of the molecule is CCCOc1ccc(C2=C(Sc3ccccc3)C(=O)N(Cc3ccc(C)cc3)C2=O)cc1. The second kappa shape index (κ2) is 9.88. The minimum absolute atomic E-state index is 0.248. The van der Waals surface area contributed by atoms with Crippen LogP contribution in [-0.2, 0) is 16.1 Å². The number of benzene rings is 3. The Kier molecular flexibility index (Phi) is 6.76. The monoisotopic (exact) mass is 443 g/mol. The van der Waals surface area contributed by atoms with Crippen molar-refractivity contribution < 1.29 is 14.3 Å². The smallest absolute Gasteiger partial charge is 0.268 e. The second-order valence-electron chi connectivity index (χ2n) is 7.67. The molecule has 0 fully saturated rings. The zero-order valence-corrected chi connectivity index (χ0v) is 19.0. The van der Waals surface area contributed by atoms with Crippen molar-refractivity contribution in [1.29, 1.82) is 0 Å². The minimum atomic E-state index is -0.267. The highest BCUT2D eigenvalue weighted by Gasteiger charge is 2.39. The van der Waals surface area contributed by atoms with E-state index >= 15 is 0 Å². The summed E-state index contributed by atoms with van der Waals surface area (Å²) >= 11 is 1.34. The molecule has 1 heterocycles. The Morgan fingerprint density at radius 1 is 0.844 bits per heavy atom. The van der Waals surface area contributed by atoms with Gasteiger partial charge in [0.25, 0.3) is 11.8 Å². The number of hydrogen-bond donors (Lipinski definition) is 0. The third-order valence-electron chi connectivity index (χ3n) is 5.17. The van der Waals surface area contributed by atoms with Gasteiger partial charge in [-0.2, -0.15) is 0 Å². The van der Waals surface area contributed by atoms with Crippen LogP contribution in [0.3, 0.4) is 0 Å². The molecule has 3 aromatic rings. The number of carbonyl (C=O) groups excluding carboxylic acids is 2. The molecule has 0 aliphatic carbocycles. The summed E-state index contributed by atoms with van der Waals surface area (Å²) in [5.74, 6) is 0.226. The first kappa shape index (κ1) is 21.9. The average Bonchev–Trinajstić information content (AvgIpc) is 3.04. The lowest BCUT2D eigenvalue weighted by Gasteiger charge is -2.15. The number of imide groups is 1. The highest BCUT2D eigenvalue weighted by Crippen LogP contribution is 2.40. The van der Waals surface area contributed by atoms with Crippen molar-refractivity contribution in [3.8, 4) is 5.75 Å². The van der Waals surface area contributed by atoms with E-state index in [0.29, 0.717) is 17.1 Å². The Labute approximate surface area is 192 Å². The van der Waals surface area contributed by atoms with Crippen LogP contribution in [0.2, 0.25) is 0 Å². The number of nitrogens with zero attached hydrogens (tertiary/aromatic N) is 1. The molecule has 162 valence electrons. The molecule has 2 amide bonds. The van der Waals surface area contributed by atoms with Crippen LogP contribution in [0.4, 0.5) is 0 Å². The van der Waals surface area contributed by atoms with Crippen LogP contribution >= 0.6 is 11.8 Å². The molecule has 0 radical (unpaired) electrons. The van der Waals surface area contributed by atoms with Gasteiger partial charge in [-0.25, -0.2) is 0 Å². The average molecular weight is 444 g/mol. The van der Waals surface area contributed by atoms with Crippen LogP contribution in [0.15, 0.2) is 88.7 Å². The van der Waals surface area contributed by atoms with Gasteiger partial charge in [-0.3, -0.25) is 14.5 Å². The number of rotatable bonds is 8. The third-order valence-corrected chi connectivity index (χ3v) is 6.26. The summed E-state index contributed by atoms with van der Waals surface area (Å²) in [4.78, 5) is 29.5. The van der Waals surface area contributed by atoms with Gasteiger partial charge in [0, 0.05) is 4.90 Å². The van der Waals surface area contributed by atoms with Crippen LogP contribution in [0, 0.1) is 6.92 Å². The van der Waals surface area contributed by atoms with Crippen LogP contribution < -0.4 is 4.74 Å². The zero-order chi connectivity index (χ0) is 22.5. The molecule has 0 bridgehead atoms. The Bertz CT molecular complexity index is 1140. The van der Waals surface area contributed by atoms with E-state index in [1.807, 2.05) is 85.8 Å². The van der Waals surface area contributed by atoms with Gasteiger partial charge < -0.3 is 4.74 Å². The molecule has 3 aromatic carbocycles. The normalized spacial score (nSPS) is 13.8. The Hall–Kier alpha value is -3.31. The topological polar surface area (TPSA) is 46.6 Å². The maximum absolute atomic E-state index is 13.4. The predicted molar refractivity (Wildman–Crippen MR) is 128 cm³/mol. The van der Waals surface area contributed by atoms with Gasteiger partial charge in [-0.1, -0.05) is 78.8 Å². The fourth-order valence-corrected chi connectivity index (χ4v) is 4.50. The molecule has 0 spiro atoms. The molecular weight excluding hydrogens is 418 g/mol. The Balaban J connectivity index is 1.68. The summed E-state index contributed by atoms with van der Waals surface area (Å²) < 4.78 is 5.67. The van der Waals surface area contributed by atoms with E-state index in [0.717, 1.165) is 33.8 Å². The Morgan fingerprint density at radius 2 is 1.53 bits per heavy atom. The predicted octanol–water partition coefficient (Wildman–Crippen LogP) is 5.86. The molecule has 0 aromatic heterocycles. The molecular formula is C27H25NO3S. The number of ether oxygens (including phenoxy) is 1. The third kappa shape index (κ3) is 4.78. The summed E-state index contributed by atoms with van der Waals surface area (Å²) in [6.07, 6.45) is 0.922. The first-order valence-corrected chi connectivity index (χ1v) is 11.5. The van der Waals surface area contributed by atoms with E-state index < -0.39 is 0 Å². The van der Waals surface area contributed by atoms with E-state index in [1.54, 1.807) is 0 Å². The van der Waals surface area contributed by atoms with E-state index in [1.165, 1.54) is 16.7 Å². The molecule has 1 aliphatic heterocycles. The first-order valence-electron chi connectivity index (χ1n) is 10.7. The highest BCUT2D eigenvalue weighted by atomic mass is 32.2. The number of thioether (sulfide) groups is 1. The molecule has 0 N–H and O–H groups in total. The van der Waals surface area contributed by atoms with Crippen molar-refractivity contribution in [2.75, 3.05) is 6.61 Å². The van der Waals surface area contributed by atoms with Crippen molar-refractivity contribution in [3.05, 3.63) is 100 Å². The maximum atomic E-state index is 13.4. The Morgan fingerprint density at radius 3 is 2.19 bits per heavy atom. The van der Waals surface area contributed by atoms with Gasteiger partial charge in [0.1, 0.15) is 5.75 Å². The van der Waals surface area contributed by atoms with Gasteiger partial charge in [-0.15, -0.1) is 0 Å². The zero-order valence-electron chi connectivity index (χ0n) is 18.2. The van der Waals surface area contributed by atoms with Gasteiger partial charge in [0.15, 0.2) is 0 Å². The molecule has 5 heteroatoms. The summed E-state index contributed by atoms with van der Waals surface area (Å²) in [7, 11) is 0. The van der Waals surface area contributed by atoms with Gasteiger partial charge in [0.05, 0.1) is 23.6 Å². The number of carbonyl (C=O) groups is 2. The molecule has 0 unspecified atom stereocenters. The minimum Gasteiger partial charge on any atom is -0.494 e. The van der Waals surface area contributed by atoms with Crippen molar-refractivity contribution >= 4 is 29.1 Å². The molecule has 4 rings (SSSR count). The fourth-order valence-electron chi connectivity index (χ4n) is 3.47. The fraction of sp³-hybridized carbons (Fsp3) is 0.185. The largest absolute Gasteiger partial charge is 0.494 e. The molecule has 0 atom stereocenters. The molecule has 32 heavy (non-hydrogen) atoms. The quantitative estimate of drug-likeness (QED) is 0.409. The summed E-state index contributed by atoms with van der Waals surface area (Å²) in [6.45, 7) is 4.95. The van der Waals surface area contributed by atoms with Crippen molar-refractivity contribution in [2.45, 2.75) is 31.7 Å². The molecule has 0 saturated carbocycles. The lowest BCUT2D eigenvalue weighted by Crippen LogP contribution is -2.30. The van der Waals surface area contributed by atoms with E-state index in [9.17, 15) is 9.59 Å². The van der Waals surface area contributed by atoms with Crippen LogP contribution in [0.25, 0.3) is 5.57 Å². The van der Waals surface area contributed by atoms with Crippen molar-refractivity contribution in [3.63, 3.8) is 0 Å². The standard InChI is InChI=1S/C27H25NO3S/c1-3-17-31-22-15-13-21(14-16-22)24-25(32-23-7-5-4-6-8-23)27(30)28(26(24)29)18-20-11-9-19(2)10-12-20/h4-16H,3,17-18H2,1-2H3. The lowest BCUT2D eigenvalue weighted by molar-refractivity contribution is -0.137. The summed E-state index contributed by atoms with van der Waals surface area (Å²) in [6, 6.07) is 25.0. The maximum Gasteiger partial charge on any atom is 0.268 e. The number of aryl methyl sites for hydroxylation is 1. The molecule has 1 aliphatic rings. The van der Waals surface area contributed by atoms with Gasteiger partial charge in [-0.05, 0) is 48.7 Å². The van der Waals surface area contributed by atoms with Crippen LogP contribution in [-0.4, -0.2) is 23.3 Å². The first-order chi connectivity index (χ1) is 15.6. The van der Waals surface area contributed by atoms with E-state index in [4.69, 9.17) is 4.74 Å². The highest BCUT2D eigenvalue weighted by molar-refractivity contribution is 8.04. The molecule has 4 nitrogen and oxygen atoms in total. The van der Waals surface area contributed by atoms with Crippen LogP contribution in [0.1, 0.15) is 30.0 Å². The van der Waals surface area contributed by atoms with E-state index in [2.05, 4.69) is 6.92 Å². The molecule has 0 saturated heterocycles. The number of amides is 2. The van der Waals surface area contributed by atoms with Crippen LogP contribution in [0.5, 0.6) is 5.75 Å². The number of hydrogen-bond acceptors (Lipinski definition) is 4.